The Morgan fingerprint density at radius 3 is 2.69 bits per heavy atom. The summed E-state index contributed by atoms with van der Waals surface area (Å²) in [6.45, 7) is 3.31. The number of nitro groups is 1. The second-order valence-corrected chi connectivity index (χ2v) is 3.45. The molecular weight excluding hydrogens is 242 g/mol. The highest BCUT2D eigenvalue weighted by Gasteiger charge is 2.21. The molecule has 0 unspecified atom stereocenters. The third kappa shape index (κ3) is 2.90. The van der Waals surface area contributed by atoms with Crippen molar-refractivity contribution in [2.45, 2.75) is 0 Å². The molecule has 1 N–H and O–H groups in total. The minimum absolute atomic E-state index is 0.0225. The molecule has 0 spiro atoms. The highest BCUT2D eigenvalue weighted by molar-refractivity contribution is 6.29. The maximum atomic E-state index is 13.1. The molecule has 0 aliphatic carbocycles. The van der Waals surface area contributed by atoms with Gasteiger partial charge in [-0.2, -0.15) is 4.39 Å². The lowest BCUT2D eigenvalue weighted by atomic mass is 10.2. The van der Waals surface area contributed by atoms with Crippen LogP contribution in [0, 0.1) is 21.7 Å². The van der Waals surface area contributed by atoms with Crippen molar-refractivity contribution in [3.63, 3.8) is 0 Å². The minimum Gasteiger partial charge on any atom is -0.374 e. The van der Waals surface area contributed by atoms with Gasteiger partial charge < -0.3 is 5.32 Å². The molecule has 4 nitrogen and oxygen atoms in total. The van der Waals surface area contributed by atoms with Crippen molar-refractivity contribution in [3.05, 3.63) is 45.5 Å². The normalized spacial score (nSPS) is 9.94. The maximum Gasteiger partial charge on any atom is 0.327 e. The first-order valence-corrected chi connectivity index (χ1v) is 4.50. The summed E-state index contributed by atoms with van der Waals surface area (Å²) in [5.74, 6) is -2.15. The molecule has 0 atom stereocenters. The first-order chi connectivity index (χ1) is 7.41. The lowest BCUT2D eigenvalue weighted by Crippen LogP contribution is -2.06. The SMILES string of the molecule is C=C(Cl)CNc1cc(F)cc(F)c1[N+](=O)[O-]. The molecule has 0 fully saturated rings. The van der Waals surface area contributed by atoms with Crippen LogP contribution in [0.4, 0.5) is 20.2 Å². The van der Waals surface area contributed by atoms with E-state index in [4.69, 9.17) is 11.6 Å². The van der Waals surface area contributed by atoms with Gasteiger partial charge in [0.2, 0.25) is 5.82 Å². The Labute approximate surface area is 94.7 Å². The number of hydrogen-bond donors (Lipinski definition) is 1. The Hall–Kier alpha value is -1.69. The second kappa shape index (κ2) is 4.89. The standard InChI is InChI=1S/C9H7ClF2N2O2/c1-5(10)4-13-8-3-6(11)2-7(12)9(8)14(15)16/h2-3,13H,1,4H2. The summed E-state index contributed by atoms with van der Waals surface area (Å²) in [7, 11) is 0. The molecule has 1 aromatic rings. The molecule has 0 bridgehead atoms. The molecule has 0 heterocycles. The van der Waals surface area contributed by atoms with Gasteiger partial charge in [0.25, 0.3) is 0 Å². The van der Waals surface area contributed by atoms with Crippen LogP contribution in [0.5, 0.6) is 0 Å². The van der Waals surface area contributed by atoms with Crippen molar-refractivity contribution in [1.82, 2.24) is 0 Å². The fourth-order valence-electron chi connectivity index (χ4n) is 1.08. The number of hydrogen-bond acceptors (Lipinski definition) is 3. The van der Waals surface area contributed by atoms with Gasteiger partial charge in [-0.3, -0.25) is 10.1 Å². The first-order valence-electron chi connectivity index (χ1n) is 4.12. The Bertz CT molecular complexity index is 451. The molecule has 7 heteroatoms. The monoisotopic (exact) mass is 248 g/mol. The third-order valence-electron chi connectivity index (χ3n) is 1.68. The summed E-state index contributed by atoms with van der Waals surface area (Å²) in [5.41, 5.74) is -1.09. The largest absolute Gasteiger partial charge is 0.374 e. The smallest absolute Gasteiger partial charge is 0.327 e. The van der Waals surface area contributed by atoms with E-state index in [0.29, 0.717) is 6.07 Å². The Morgan fingerprint density at radius 2 is 2.19 bits per heavy atom. The quantitative estimate of drug-likeness (QED) is 0.658. The number of benzene rings is 1. The van der Waals surface area contributed by atoms with Crippen molar-refractivity contribution >= 4 is 23.0 Å². The predicted octanol–water partition coefficient (Wildman–Crippen LogP) is 3.04. The molecule has 1 rings (SSSR count). The van der Waals surface area contributed by atoms with Crippen LogP contribution in [0.15, 0.2) is 23.7 Å². The lowest BCUT2D eigenvalue weighted by Gasteiger charge is -2.06. The van der Waals surface area contributed by atoms with Gasteiger partial charge in [-0.1, -0.05) is 18.2 Å². The first kappa shape index (κ1) is 12.4. The van der Waals surface area contributed by atoms with Crippen LogP contribution < -0.4 is 5.32 Å². The van der Waals surface area contributed by atoms with Gasteiger partial charge in [0, 0.05) is 17.2 Å². The van der Waals surface area contributed by atoms with Gasteiger partial charge in [0.1, 0.15) is 11.5 Å². The van der Waals surface area contributed by atoms with Gasteiger partial charge in [-0.05, 0) is 0 Å². The summed E-state index contributed by atoms with van der Waals surface area (Å²) < 4.78 is 25.9. The average Bonchev–Trinajstić information content (AvgIpc) is 2.12. The molecule has 86 valence electrons. The van der Waals surface area contributed by atoms with Gasteiger partial charge in [0.15, 0.2) is 0 Å². The number of rotatable bonds is 4. The molecule has 16 heavy (non-hydrogen) atoms. The average molecular weight is 249 g/mol. The van der Waals surface area contributed by atoms with Crippen LogP contribution in [0.3, 0.4) is 0 Å². The van der Waals surface area contributed by atoms with Crippen LogP contribution in [0.2, 0.25) is 0 Å². The second-order valence-electron chi connectivity index (χ2n) is 2.91. The van der Waals surface area contributed by atoms with Gasteiger partial charge in [-0.15, -0.1) is 0 Å². The number of anilines is 1. The summed E-state index contributed by atoms with van der Waals surface area (Å²) >= 11 is 5.42. The molecule has 0 saturated heterocycles. The molecule has 1 aromatic carbocycles. The number of halogens is 3. The summed E-state index contributed by atoms with van der Waals surface area (Å²) in [5, 5.41) is 13.1. The number of nitrogens with one attached hydrogen (secondary N) is 1. The van der Waals surface area contributed by atoms with Crippen LogP contribution in [0.1, 0.15) is 0 Å². The molecule has 0 aliphatic heterocycles. The van der Waals surface area contributed by atoms with Crippen LogP contribution in [-0.2, 0) is 0 Å². The fourth-order valence-corrected chi connectivity index (χ4v) is 1.14. The van der Waals surface area contributed by atoms with E-state index in [2.05, 4.69) is 11.9 Å². The summed E-state index contributed by atoms with van der Waals surface area (Å²) in [6, 6.07) is 1.26. The Balaban J connectivity index is 3.13. The van der Waals surface area contributed by atoms with Crippen molar-refractivity contribution < 1.29 is 13.7 Å². The molecule has 0 saturated carbocycles. The molecule has 0 radical (unpaired) electrons. The van der Waals surface area contributed by atoms with E-state index in [1.165, 1.54) is 0 Å². The van der Waals surface area contributed by atoms with Crippen LogP contribution in [-0.4, -0.2) is 11.5 Å². The zero-order valence-corrected chi connectivity index (χ0v) is 8.72. The number of nitrogens with zero attached hydrogens (tertiary/aromatic N) is 1. The predicted molar refractivity (Wildman–Crippen MR) is 56.5 cm³/mol. The van der Waals surface area contributed by atoms with Crippen LogP contribution >= 0.6 is 11.6 Å². The Morgan fingerprint density at radius 1 is 1.56 bits per heavy atom. The molecule has 0 amide bonds. The molecule has 0 aliphatic rings. The van der Waals surface area contributed by atoms with Gasteiger partial charge in [-0.25, -0.2) is 4.39 Å². The Kier molecular flexibility index (Phi) is 3.78. The maximum absolute atomic E-state index is 13.1. The number of nitro benzene ring substituents is 1. The zero-order valence-electron chi connectivity index (χ0n) is 7.97. The van der Waals surface area contributed by atoms with E-state index in [9.17, 15) is 18.9 Å². The van der Waals surface area contributed by atoms with E-state index in [1.54, 1.807) is 0 Å². The van der Waals surface area contributed by atoms with E-state index in [0.717, 1.165) is 6.07 Å². The van der Waals surface area contributed by atoms with Crippen LogP contribution in [0.25, 0.3) is 0 Å². The molecule has 0 aromatic heterocycles. The topological polar surface area (TPSA) is 55.2 Å². The van der Waals surface area contributed by atoms with E-state index < -0.39 is 22.2 Å². The highest BCUT2D eigenvalue weighted by Crippen LogP contribution is 2.28. The fraction of sp³-hybridized carbons (Fsp3) is 0.111. The van der Waals surface area contributed by atoms with E-state index in [-0.39, 0.29) is 17.3 Å². The van der Waals surface area contributed by atoms with E-state index in [1.807, 2.05) is 0 Å². The lowest BCUT2D eigenvalue weighted by molar-refractivity contribution is -0.386. The van der Waals surface area contributed by atoms with E-state index >= 15 is 0 Å². The summed E-state index contributed by atoms with van der Waals surface area (Å²) in [6.07, 6.45) is 0. The van der Waals surface area contributed by atoms with Gasteiger partial charge >= 0.3 is 5.69 Å². The third-order valence-corrected chi connectivity index (χ3v) is 1.82. The minimum atomic E-state index is -1.24. The summed E-state index contributed by atoms with van der Waals surface area (Å²) in [4.78, 5) is 9.61. The zero-order chi connectivity index (χ0) is 12.3. The van der Waals surface area contributed by atoms with Crippen molar-refractivity contribution in [2.24, 2.45) is 0 Å². The van der Waals surface area contributed by atoms with Crippen molar-refractivity contribution in [3.8, 4) is 0 Å². The van der Waals surface area contributed by atoms with Crippen molar-refractivity contribution in [2.75, 3.05) is 11.9 Å². The molecular formula is C9H7ClF2N2O2. The van der Waals surface area contributed by atoms with Crippen molar-refractivity contribution in [1.29, 1.82) is 0 Å². The van der Waals surface area contributed by atoms with Gasteiger partial charge in [0.05, 0.1) is 11.5 Å². The highest BCUT2D eigenvalue weighted by atomic mass is 35.5.